The van der Waals surface area contributed by atoms with Gasteiger partial charge in [0, 0.05) is 81.8 Å². The van der Waals surface area contributed by atoms with Gasteiger partial charge in [-0.05, 0) is 35.9 Å². The number of likely N-dealkylation sites (N-methyl/N-ethyl adjacent to an activating group) is 1. The molecule has 38 heavy (non-hydrogen) atoms. The average molecular weight is 518 g/mol. The average Bonchev–Trinajstić information content (AvgIpc) is 3.47. The first-order chi connectivity index (χ1) is 18.6. The van der Waals surface area contributed by atoms with E-state index in [1.54, 1.807) is 29.4 Å². The summed E-state index contributed by atoms with van der Waals surface area (Å²) >= 11 is 0. The molecule has 3 heterocycles. The van der Waals surface area contributed by atoms with Crippen molar-refractivity contribution in [3.8, 4) is 5.75 Å². The first-order valence-corrected chi connectivity index (χ1v) is 13.2. The van der Waals surface area contributed by atoms with Gasteiger partial charge in [-0.1, -0.05) is 12.1 Å². The molecule has 9 nitrogen and oxygen atoms in total. The monoisotopic (exact) mass is 517 g/mol. The van der Waals surface area contributed by atoms with Gasteiger partial charge in [-0.25, -0.2) is 4.98 Å². The zero-order chi connectivity index (χ0) is 26.3. The Labute approximate surface area is 223 Å². The van der Waals surface area contributed by atoms with Gasteiger partial charge < -0.3 is 28.7 Å². The molecular weight excluding hydrogens is 482 g/mol. The number of aryl methyl sites for hydroxylation is 1. The Kier molecular flexibility index (Phi) is 8.23. The number of aromatic nitrogens is 2. The van der Waals surface area contributed by atoms with Crippen molar-refractivity contribution in [3.63, 3.8) is 0 Å². The van der Waals surface area contributed by atoms with E-state index in [4.69, 9.17) is 9.47 Å². The third-order valence-electron chi connectivity index (χ3n) is 7.16. The molecule has 0 radical (unpaired) electrons. The van der Waals surface area contributed by atoms with Crippen LogP contribution < -0.4 is 9.64 Å². The van der Waals surface area contributed by atoms with Gasteiger partial charge >= 0.3 is 0 Å². The minimum Gasteiger partial charge on any atom is -0.491 e. The fourth-order valence-electron chi connectivity index (χ4n) is 4.92. The Balaban J connectivity index is 1.39. The molecule has 2 amide bonds. The van der Waals surface area contributed by atoms with Crippen LogP contribution >= 0.6 is 0 Å². The lowest BCUT2D eigenvalue weighted by atomic mass is 10.0. The molecule has 5 rings (SSSR count). The van der Waals surface area contributed by atoms with Crippen molar-refractivity contribution < 1.29 is 19.1 Å². The fourth-order valence-corrected chi connectivity index (χ4v) is 4.92. The first kappa shape index (κ1) is 25.8. The molecule has 1 fully saturated rings. The van der Waals surface area contributed by atoms with Crippen molar-refractivity contribution in [2.45, 2.75) is 19.4 Å². The van der Waals surface area contributed by atoms with Crippen LogP contribution in [0.15, 0.2) is 61.2 Å². The van der Waals surface area contributed by atoms with Crippen LogP contribution in [0.5, 0.6) is 5.75 Å². The minimum absolute atomic E-state index is 0.0279. The van der Waals surface area contributed by atoms with Gasteiger partial charge in [0.25, 0.3) is 5.91 Å². The fraction of sp³-hybridized carbons (Fsp3) is 0.414. The quantitative estimate of drug-likeness (QED) is 0.530. The number of ether oxygens (including phenoxy) is 2. The summed E-state index contributed by atoms with van der Waals surface area (Å²) in [5.41, 5.74) is 3.90. The molecule has 0 saturated carbocycles. The summed E-state index contributed by atoms with van der Waals surface area (Å²) in [4.78, 5) is 36.2. The molecule has 1 saturated heterocycles. The van der Waals surface area contributed by atoms with Gasteiger partial charge in [0.2, 0.25) is 5.91 Å². The maximum atomic E-state index is 13.2. The minimum atomic E-state index is -0.0479. The van der Waals surface area contributed by atoms with Crippen LogP contribution in [-0.4, -0.2) is 90.8 Å². The van der Waals surface area contributed by atoms with E-state index in [2.05, 4.69) is 28.1 Å². The van der Waals surface area contributed by atoms with Gasteiger partial charge in [-0.2, -0.15) is 0 Å². The Bertz CT molecular complexity index is 1240. The lowest BCUT2D eigenvalue weighted by Gasteiger charge is -2.30. The van der Waals surface area contributed by atoms with Gasteiger partial charge in [0.1, 0.15) is 12.4 Å². The summed E-state index contributed by atoms with van der Waals surface area (Å²) in [6.07, 6.45) is 6.27. The number of anilines is 1. The summed E-state index contributed by atoms with van der Waals surface area (Å²) < 4.78 is 13.7. The van der Waals surface area contributed by atoms with Crippen LogP contribution in [0.3, 0.4) is 0 Å². The van der Waals surface area contributed by atoms with Crippen LogP contribution in [0.1, 0.15) is 27.9 Å². The summed E-state index contributed by atoms with van der Waals surface area (Å²) in [6, 6.07) is 14.1. The molecular formula is C29H35N5O4. The normalized spacial score (nSPS) is 17.0. The number of nitrogens with zero attached hydrogens (tertiary/aromatic N) is 5. The van der Waals surface area contributed by atoms with E-state index >= 15 is 0 Å². The highest BCUT2D eigenvalue weighted by molar-refractivity contribution is 5.94. The summed E-state index contributed by atoms with van der Waals surface area (Å²) in [5.74, 6) is 0.784. The van der Waals surface area contributed by atoms with E-state index in [1.165, 1.54) is 0 Å². The largest absolute Gasteiger partial charge is 0.491 e. The number of hydrogen-bond acceptors (Lipinski definition) is 6. The van der Waals surface area contributed by atoms with Crippen molar-refractivity contribution in [1.29, 1.82) is 0 Å². The number of amides is 2. The van der Waals surface area contributed by atoms with Crippen molar-refractivity contribution in [2.24, 2.45) is 0 Å². The van der Waals surface area contributed by atoms with E-state index in [9.17, 15) is 9.59 Å². The number of rotatable bonds is 4. The molecule has 0 spiro atoms. The van der Waals surface area contributed by atoms with Crippen LogP contribution in [0.4, 0.5) is 5.69 Å². The van der Waals surface area contributed by atoms with Gasteiger partial charge in [-0.3, -0.25) is 9.59 Å². The third-order valence-corrected chi connectivity index (χ3v) is 7.16. The number of carbonyl (C=O) groups excluding carboxylic acids is 2. The summed E-state index contributed by atoms with van der Waals surface area (Å²) in [7, 11) is 1.79. The first-order valence-electron chi connectivity index (χ1n) is 13.2. The van der Waals surface area contributed by atoms with Crippen molar-refractivity contribution in [1.82, 2.24) is 19.4 Å². The third kappa shape index (κ3) is 6.34. The predicted octanol–water partition coefficient (Wildman–Crippen LogP) is 2.69. The maximum absolute atomic E-state index is 13.2. The molecule has 2 aliphatic heterocycles. The smallest absolute Gasteiger partial charge is 0.253 e. The van der Waals surface area contributed by atoms with Crippen molar-refractivity contribution in [2.75, 3.05) is 64.5 Å². The van der Waals surface area contributed by atoms with E-state index < -0.39 is 0 Å². The summed E-state index contributed by atoms with van der Waals surface area (Å²) in [6.45, 7) is 5.41. The van der Waals surface area contributed by atoms with Crippen molar-refractivity contribution in [3.05, 3.63) is 77.9 Å². The highest BCUT2D eigenvalue weighted by Gasteiger charge is 2.20. The summed E-state index contributed by atoms with van der Waals surface area (Å²) in [5, 5.41) is 0. The lowest BCUT2D eigenvalue weighted by Crippen LogP contribution is -2.41. The lowest BCUT2D eigenvalue weighted by molar-refractivity contribution is -0.132. The second-order valence-electron chi connectivity index (χ2n) is 9.78. The van der Waals surface area contributed by atoms with Gasteiger partial charge in [-0.15, -0.1) is 0 Å². The van der Waals surface area contributed by atoms with Crippen LogP contribution in [-0.2, 0) is 22.5 Å². The number of fused-ring (bicyclic) bond motifs is 3. The Morgan fingerprint density at radius 1 is 1.00 bits per heavy atom. The number of morpholine rings is 1. The highest BCUT2D eigenvalue weighted by atomic mass is 16.5. The van der Waals surface area contributed by atoms with Crippen LogP contribution in [0.25, 0.3) is 0 Å². The molecule has 1 aromatic heterocycles. The number of carbonyl (C=O) groups is 2. The van der Waals surface area contributed by atoms with Gasteiger partial charge in [0.15, 0.2) is 0 Å². The second kappa shape index (κ2) is 12.1. The molecule has 0 N–H and O–H groups in total. The molecule has 9 heteroatoms. The second-order valence-corrected chi connectivity index (χ2v) is 9.78. The molecule has 200 valence electrons. The Hall–Kier alpha value is -3.85. The molecule has 2 bridgehead atoms. The van der Waals surface area contributed by atoms with E-state index in [1.807, 2.05) is 35.0 Å². The Morgan fingerprint density at radius 3 is 2.68 bits per heavy atom. The highest BCUT2D eigenvalue weighted by Crippen LogP contribution is 2.28. The molecule has 0 atom stereocenters. The molecule has 3 aromatic rings. The van der Waals surface area contributed by atoms with Crippen LogP contribution in [0, 0.1) is 0 Å². The topological polar surface area (TPSA) is 80.1 Å². The molecule has 2 aromatic carbocycles. The molecule has 2 aliphatic rings. The van der Waals surface area contributed by atoms with E-state index in [0.717, 1.165) is 48.9 Å². The van der Waals surface area contributed by atoms with E-state index in [0.29, 0.717) is 51.2 Å². The van der Waals surface area contributed by atoms with Gasteiger partial charge in [0.05, 0.1) is 26.1 Å². The number of hydrogen-bond donors (Lipinski definition) is 0. The predicted molar refractivity (Wildman–Crippen MR) is 145 cm³/mol. The maximum Gasteiger partial charge on any atom is 0.253 e. The van der Waals surface area contributed by atoms with Crippen LogP contribution in [0.2, 0.25) is 0 Å². The standard InChI is InChI=1S/C29H35N5O4/c1-31-11-12-34(28(35)7-9-32-10-8-30-22-32)15-18-38-27-6-5-26(33-13-16-37-17-14-33)21-25(27)20-23-3-2-4-24(19-23)29(31)36/h2-6,8,10,19,21-22H,7,9,11-18,20H2,1H3. The SMILES string of the molecule is CN1CCN(C(=O)CCn2ccnc2)CCOc2ccc(N3CCOCC3)cc2Cc2cccc(c2)C1=O. The zero-order valence-electron chi connectivity index (χ0n) is 21.9. The van der Waals surface area contributed by atoms with Crippen molar-refractivity contribution >= 4 is 17.5 Å². The number of imidazole rings is 1. The zero-order valence-corrected chi connectivity index (χ0v) is 21.9. The molecule has 0 aliphatic carbocycles. The number of benzene rings is 2. The van der Waals surface area contributed by atoms with E-state index in [-0.39, 0.29) is 11.8 Å². The molecule has 0 unspecified atom stereocenters. The Morgan fingerprint density at radius 2 is 1.87 bits per heavy atom.